The first kappa shape index (κ1) is 15.8. The quantitative estimate of drug-likeness (QED) is 0.820. The summed E-state index contributed by atoms with van der Waals surface area (Å²) < 4.78 is 74.9. The van der Waals surface area contributed by atoms with Gasteiger partial charge in [0.15, 0.2) is 0 Å². The Morgan fingerprint density at radius 2 is 1.21 bits per heavy atom. The normalized spacial score (nSPS) is 15.4. The van der Waals surface area contributed by atoms with E-state index in [9.17, 15) is 26.3 Å². The first-order valence-corrected chi connectivity index (χ1v) is 5.37. The molecular weight excluding hydrogens is 272 g/mol. The molecule has 0 saturated carbocycles. The standard InChI is InChI=1S/C12H13F6N/c1-10(2,9(19)12(16,17)18)7-3-5-8(6-4-7)11(13,14)15/h3-6,9H,19H2,1-2H3. The Labute approximate surface area is 106 Å². The zero-order valence-corrected chi connectivity index (χ0v) is 10.2. The van der Waals surface area contributed by atoms with E-state index in [0.29, 0.717) is 0 Å². The van der Waals surface area contributed by atoms with Crippen LogP contribution in [-0.4, -0.2) is 12.2 Å². The molecular formula is C12H13F6N. The average molecular weight is 285 g/mol. The van der Waals surface area contributed by atoms with E-state index >= 15 is 0 Å². The Morgan fingerprint density at radius 3 is 1.53 bits per heavy atom. The summed E-state index contributed by atoms with van der Waals surface area (Å²) in [6.07, 6.45) is -9.14. The predicted octanol–water partition coefficient (Wildman–Crippen LogP) is 3.87. The highest BCUT2D eigenvalue weighted by Crippen LogP contribution is 2.36. The van der Waals surface area contributed by atoms with Gasteiger partial charge in [-0.15, -0.1) is 0 Å². The van der Waals surface area contributed by atoms with E-state index in [1.54, 1.807) is 0 Å². The fourth-order valence-corrected chi connectivity index (χ4v) is 1.68. The zero-order chi connectivity index (χ0) is 15.1. The summed E-state index contributed by atoms with van der Waals surface area (Å²) in [5.41, 5.74) is 2.82. The maximum atomic E-state index is 12.6. The number of rotatable bonds is 2. The number of nitrogens with two attached hydrogens (primary N) is 1. The molecule has 0 amide bonds. The lowest BCUT2D eigenvalue weighted by Crippen LogP contribution is -2.51. The third kappa shape index (κ3) is 3.40. The third-order valence-electron chi connectivity index (χ3n) is 3.09. The summed E-state index contributed by atoms with van der Waals surface area (Å²) in [4.78, 5) is 0. The molecule has 0 aromatic heterocycles. The van der Waals surface area contributed by atoms with Crippen molar-refractivity contribution in [2.75, 3.05) is 0 Å². The summed E-state index contributed by atoms with van der Waals surface area (Å²) >= 11 is 0. The van der Waals surface area contributed by atoms with Crippen molar-refractivity contribution < 1.29 is 26.3 Å². The van der Waals surface area contributed by atoms with Crippen LogP contribution in [0.1, 0.15) is 25.0 Å². The molecule has 0 aliphatic rings. The Morgan fingerprint density at radius 1 is 0.842 bits per heavy atom. The van der Waals surface area contributed by atoms with Crippen LogP contribution in [0.3, 0.4) is 0 Å². The summed E-state index contributed by atoms with van der Waals surface area (Å²) in [5.74, 6) is 0. The molecule has 0 saturated heterocycles. The number of hydrogen-bond acceptors (Lipinski definition) is 1. The minimum atomic E-state index is -4.62. The molecule has 0 radical (unpaired) electrons. The van der Waals surface area contributed by atoms with Gasteiger partial charge in [0.1, 0.15) is 6.04 Å². The SMILES string of the molecule is CC(C)(c1ccc(C(F)(F)F)cc1)C(N)C(F)(F)F. The Hall–Kier alpha value is -1.24. The van der Waals surface area contributed by atoms with Gasteiger partial charge in [-0.2, -0.15) is 26.3 Å². The van der Waals surface area contributed by atoms with E-state index < -0.39 is 29.4 Å². The van der Waals surface area contributed by atoms with Gasteiger partial charge in [0, 0.05) is 5.41 Å². The lowest BCUT2D eigenvalue weighted by molar-refractivity contribution is -0.160. The van der Waals surface area contributed by atoms with Crippen LogP contribution in [0.25, 0.3) is 0 Å². The summed E-state index contributed by atoms with van der Waals surface area (Å²) in [6, 6.07) is 1.39. The maximum absolute atomic E-state index is 12.6. The fourth-order valence-electron chi connectivity index (χ4n) is 1.68. The van der Waals surface area contributed by atoms with E-state index in [0.717, 1.165) is 24.3 Å². The zero-order valence-electron chi connectivity index (χ0n) is 10.2. The van der Waals surface area contributed by atoms with E-state index in [-0.39, 0.29) is 5.56 Å². The molecule has 0 heterocycles. The molecule has 0 aliphatic heterocycles. The number of halogens is 6. The first-order valence-electron chi connectivity index (χ1n) is 5.37. The van der Waals surface area contributed by atoms with E-state index in [1.165, 1.54) is 13.8 Å². The van der Waals surface area contributed by atoms with Crippen LogP contribution < -0.4 is 5.73 Å². The van der Waals surface area contributed by atoms with Crippen LogP contribution in [0.15, 0.2) is 24.3 Å². The molecule has 1 aromatic carbocycles. The van der Waals surface area contributed by atoms with Gasteiger partial charge in [-0.25, -0.2) is 0 Å². The van der Waals surface area contributed by atoms with Gasteiger partial charge in [0.25, 0.3) is 0 Å². The van der Waals surface area contributed by atoms with Gasteiger partial charge in [-0.1, -0.05) is 26.0 Å². The van der Waals surface area contributed by atoms with Crippen LogP contribution in [0.4, 0.5) is 26.3 Å². The van der Waals surface area contributed by atoms with E-state index in [1.807, 2.05) is 0 Å². The minimum absolute atomic E-state index is 0.102. The maximum Gasteiger partial charge on any atom is 0.416 e. The number of benzene rings is 1. The van der Waals surface area contributed by atoms with E-state index in [4.69, 9.17) is 5.73 Å². The highest BCUT2D eigenvalue weighted by Gasteiger charge is 2.47. The molecule has 0 fully saturated rings. The molecule has 1 nitrogen and oxygen atoms in total. The molecule has 2 N–H and O–H groups in total. The minimum Gasteiger partial charge on any atom is -0.319 e. The molecule has 1 rings (SSSR count). The smallest absolute Gasteiger partial charge is 0.319 e. The fraction of sp³-hybridized carbons (Fsp3) is 0.500. The van der Waals surface area contributed by atoms with Crippen molar-refractivity contribution in [3.63, 3.8) is 0 Å². The molecule has 19 heavy (non-hydrogen) atoms. The second kappa shape index (κ2) is 4.70. The van der Waals surface area contributed by atoms with Crippen LogP contribution in [0, 0.1) is 0 Å². The second-order valence-corrected chi connectivity index (χ2v) is 4.82. The largest absolute Gasteiger partial charge is 0.416 e. The first-order chi connectivity index (χ1) is 8.37. The van der Waals surface area contributed by atoms with Gasteiger partial charge in [0.2, 0.25) is 0 Å². The lowest BCUT2D eigenvalue weighted by Gasteiger charge is -2.33. The second-order valence-electron chi connectivity index (χ2n) is 4.82. The third-order valence-corrected chi connectivity index (χ3v) is 3.09. The molecule has 0 bridgehead atoms. The van der Waals surface area contributed by atoms with Gasteiger partial charge in [0.05, 0.1) is 5.56 Å². The highest BCUT2D eigenvalue weighted by molar-refractivity contribution is 5.31. The van der Waals surface area contributed by atoms with Gasteiger partial charge < -0.3 is 5.73 Å². The Bertz CT molecular complexity index is 429. The Kier molecular flexibility index (Phi) is 3.91. The predicted molar refractivity (Wildman–Crippen MR) is 58.5 cm³/mol. The van der Waals surface area contributed by atoms with Gasteiger partial charge in [-0.3, -0.25) is 0 Å². The summed E-state index contributed by atoms with van der Waals surface area (Å²) in [6.45, 7) is 2.49. The molecule has 1 unspecified atom stereocenters. The topological polar surface area (TPSA) is 26.0 Å². The van der Waals surface area contributed by atoms with Gasteiger partial charge >= 0.3 is 12.4 Å². The summed E-state index contributed by atoms with van der Waals surface area (Å²) in [7, 11) is 0. The highest BCUT2D eigenvalue weighted by atomic mass is 19.4. The molecule has 0 aliphatic carbocycles. The van der Waals surface area contributed by atoms with Crippen molar-refractivity contribution >= 4 is 0 Å². The van der Waals surface area contributed by atoms with Crippen LogP contribution >= 0.6 is 0 Å². The van der Waals surface area contributed by atoms with Crippen molar-refractivity contribution in [2.45, 2.75) is 37.7 Å². The van der Waals surface area contributed by atoms with Crippen LogP contribution in [0.5, 0.6) is 0 Å². The molecule has 0 spiro atoms. The van der Waals surface area contributed by atoms with Crippen LogP contribution in [0.2, 0.25) is 0 Å². The van der Waals surface area contributed by atoms with Gasteiger partial charge in [-0.05, 0) is 17.7 Å². The average Bonchev–Trinajstić information content (AvgIpc) is 2.25. The Balaban J connectivity index is 3.10. The number of hydrogen-bond donors (Lipinski definition) is 1. The molecule has 7 heteroatoms. The number of alkyl halides is 6. The van der Waals surface area contributed by atoms with Crippen LogP contribution in [-0.2, 0) is 11.6 Å². The lowest BCUT2D eigenvalue weighted by atomic mass is 9.77. The van der Waals surface area contributed by atoms with Crippen molar-refractivity contribution in [3.8, 4) is 0 Å². The molecule has 1 aromatic rings. The monoisotopic (exact) mass is 285 g/mol. The van der Waals surface area contributed by atoms with Crippen molar-refractivity contribution in [2.24, 2.45) is 5.73 Å². The van der Waals surface area contributed by atoms with Crippen molar-refractivity contribution in [3.05, 3.63) is 35.4 Å². The molecule has 108 valence electrons. The van der Waals surface area contributed by atoms with Crippen molar-refractivity contribution in [1.82, 2.24) is 0 Å². The van der Waals surface area contributed by atoms with Crippen molar-refractivity contribution in [1.29, 1.82) is 0 Å². The molecule has 1 atom stereocenters. The van der Waals surface area contributed by atoms with E-state index in [2.05, 4.69) is 0 Å². The summed E-state index contributed by atoms with van der Waals surface area (Å²) in [5, 5.41) is 0.